The van der Waals surface area contributed by atoms with Crippen molar-refractivity contribution in [2.45, 2.75) is 53.1 Å². The highest BCUT2D eigenvalue weighted by molar-refractivity contribution is 5.84. The van der Waals surface area contributed by atoms with Gasteiger partial charge in [0.25, 0.3) is 0 Å². The van der Waals surface area contributed by atoms with Crippen molar-refractivity contribution in [1.29, 1.82) is 0 Å². The predicted molar refractivity (Wildman–Crippen MR) is 75.7 cm³/mol. The first kappa shape index (κ1) is 15.8. The molecule has 1 heterocycles. The van der Waals surface area contributed by atoms with Gasteiger partial charge in [0.05, 0.1) is 11.9 Å². The molecule has 1 rings (SSSR count). The van der Waals surface area contributed by atoms with E-state index in [4.69, 9.17) is 0 Å². The van der Waals surface area contributed by atoms with Gasteiger partial charge in [-0.2, -0.15) is 0 Å². The van der Waals surface area contributed by atoms with Crippen molar-refractivity contribution >= 4 is 5.78 Å². The molecule has 1 aromatic rings. The molecule has 0 saturated carbocycles. The molecule has 0 aliphatic heterocycles. The Morgan fingerprint density at radius 2 is 2.11 bits per heavy atom. The van der Waals surface area contributed by atoms with E-state index in [1.165, 1.54) is 0 Å². The van der Waals surface area contributed by atoms with Crippen molar-refractivity contribution in [2.75, 3.05) is 7.05 Å². The normalized spacial score (nSPS) is 14.6. The summed E-state index contributed by atoms with van der Waals surface area (Å²) < 4.78 is 1.74. The van der Waals surface area contributed by atoms with E-state index in [-0.39, 0.29) is 17.7 Å². The summed E-state index contributed by atoms with van der Waals surface area (Å²) in [6.07, 6.45) is 3.56. The van der Waals surface area contributed by atoms with Crippen molar-refractivity contribution in [3.05, 3.63) is 11.9 Å². The van der Waals surface area contributed by atoms with Gasteiger partial charge in [0.1, 0.15) is 6.04 Å². The van der Waals surface area contributed by atoms with Gasteiger partial charge in [0.2, 0.25) is 0 Å². The summed E-state index contributed by atoms with van der Waals surface area (Å²) in [6, 6.07) is -0.187. The molecular formula is C14H26N4O. The summed E-state index contributed by atoms with van der Waals surface area (Å²) in [6.45, 7) is 8.96. The molecule has 19 heavy (non-hydrogen) atoms. The van der Waals surface area contributed by atoms with Crippen molar-refractivity contribution in [2.24, 2.45) is 11.8 Å². The van der Waals surface area contributed by atoms with Crippen LogP contribution in [0.3, 0.4) is 0 Å². The van der Waals surface area contributed by atoms with Crippen molar-refractivity contribution < 1.29 is 4.79 Å². The minimum Gasteiger partial charge on any atom is -0.314 e. The van der Waals surface area contributed by atoms with Gasteiger partial charge in [-0.3, -0.25) is 4.79 Å². The minimum atomic E-state index is -0.187. The topological polar surface area (TPSA) is 59.8 Å². The number of rotatable bonds is 8. The molecule has 0 aromatic carbocycles. The maximum absolute atomic E-state index is 12.5. The fourth-order valence-corrected chi connectivity index (χ4v) is 2.06. The molecule has 1 aromatic heterocycles. The third-order valence-electron chi connectivity index (χ3n) is 3.36. The molecule has 1 N–H and O–H groups in total. The Morgan fingerprint density at radius 3 is 2.63 bits per heavy atom. The molecule has 0 amide bonds. The van der Waals surface area contributed by atoms with Gasteiger partial charge >= 0.3 is 0 Å². The number of carbonyl (C=O) groups excluding carboxylic acids is 1. The monoisotopic (exact) mass is 266 g/mol. The number of hydrogen-bond donors (Lipinski definition) is 1. The summed E-state index contributed by atoms with van der Waals surface area (Å²) in [4.78, 5) is 12.5. The molecule has 0 saturated heterocycles. The van der Waals surface area contributed by atoms with Gasteiger partial charge in [-0.05, 0) is 25.8 Å². The Kier molecular flexibility index (Phi) is 6.15. The van der Waals surface area contributed by atoms with Crippen LogP contribution in [-0.2, 0) is 11.3 Å². The maximum Gasteiger partial charge on any atom is 0.160 e. The van der Waals surface area contributed by atoms with Crippen LogP contribution < -0.4 is 5.32 Å². The second-order valence-corrected chi connectivity index (χ2v) is 5.58. The van der Waals surface area contributed by atoms with E-state index in [1.54, 1.807) is 4.68 Å². The average Bonchev–Trinajstić information content (AvgIpc) is 2.82. The lowest BCUT2D eigenvalue weighted by atomic mass is 9.92. The highest BCUT2D eigenvalue weighted by Gasteiger charge is 2.26. The fraction of sp³-hybridized carbons (Fsp3) is 0.786. The van der Waals surface area contributed by atoms with E-state index in [9.17, 15) is 4.79 Å². The van der Waals surface area contributed by atoms with Crippen molar-refractivity contribution in [3.8, 4) is 0 Å². The van der Waals surface area contributed by atoms with Gasteiger partial charge in [-0.25, -0.2) is 4.68 Å². The largest absolute Gasteiger partial charge is 0.314 e. The lowest BCUT2D eigenvalue weighted by Gasteiger charge is -2.20. The SMILES string of the molecule is CCC(C)C(=O)[C@H](CC(C)C)n1cc(CNC)nn1. The number of ketones is 1. The molecule has 0 radical (unpaired) electrons. The summed E-state index contributed by atoms with van der Waals surface area (Å²) in [7, 11) is 1.87. The lowest BCUT2D eigenvalue weighted by molar-refractivity contribution is -0.126. The first-order chi connectivity index (χ1) is 8.99. The Bertz CT molecular complexity index is 400. The molecule has 0 bridgehead atoms. The second kappa shape index (κ2) is 7.38. The zero-order valence-electron chi connectivity index (χ0n) is 12.7. The van der Waals surface area contributed by atoms with Crippen LogP contribution in [0.25, 0.3) is 0 Å². The van der Waals surface area contributed by atoms with Crippen LogP contribution in [0.4, 0.5) is 0 Å². The highest BCUT2D eigenvalue weighted by atomic mass is 16.1. The number of hydrogen-bond acceptors (Lipinski definition) is 4. The van der Waals surface area contributed by atoms with Gasteiger partial charge in [0, 0.05) is 12.5 Å². The molecule has 0 spiro atoms. The number of carbonyl (C=O) groups is 1. The zero-order chi connectivity index (χ0) is 14.4. The molecular weight excluding hydrogens is 240 g/mol. The summed E-state index contributed by atoms with van der Waals surface area (Å²) in [5.74, 6) is 0.785. The lowest BCUT2D eigenvalue weighted by Crippen LogP contribution is -2.26. The molecule has 5 heteroatoms. The third kappa shape index (κ3) is 4.42. The van der Waals surface area contributed by atoms with Crippen molar-refractivity contribution in [1.82, 2.24) is 20.3 Å². The summed E-state index contributed by atoms with van der Waals surface area (Å²) in [5, 5.41) is 11.3. The van der Waals surface area contributed by atoms with Gasteiger partial charge in [-0.1, -0.05) is 32.9 Å². The van der Waals surface area contributed by atoms with Crippen molar-refractivity contribution in [3.63, 3.8) is 0 Å². The second-order valence-electron chi connectivity index (χ2n) is 5.58. The molecule has 5 nitrogen and oxygen atoms in total. The molecule has 108 valence electrons. The van der Waals surface area contributed by atoms with E-state index in [0.717, 1.165) is 18.5 Å². The summed E-state index contributed by atoms with van der Waals surface area (Å²) in [5.41, 5.74) is 0.869. The third-order valence-corrected chi connectivity index (χ3v) is 3.36. The quantitative estimate of drug-likeness (QED) is 0.783. The Labute approximate surface area is 115 Å². The van der Waals surface area contributed by atoms with Crippen LogP contribution in [0.2, 0.25) is 0 Å². The highest BCUT2D eigenvalue weighted by Crippen LogP contribution is 2.22. The molecule has 1 unspecified atom stereocenters. The number of Topliss-reactive ketones (excluding diaryl/α,β-unsaturated/α-hetero) is 1. The van der Waals surface area contributed by atoms with E-state index in [0.29, 0.717) is 12.5 Å². The Hall–Kier alpha value is -1.23. The van der Waals surface area contributed by atoms with Crippen LogP contribution >= 0.6 is 0 Å². The smallest absolute Gasteiger partial charge is 0.160 e. The van der Waals surface area contributed by atoms with Crippen LogP contribution in [0, 0.1) is 11.8 Å². The van der Waals surface area contributed by atoms with E-state index in [1.807, 2.05) is 27.1 Å². The molecule has 0 aliphatic carbocycles. The van der Waals surface area contributed by atoms with E-state index in [2.05, 4.69) is 29.5 Å². The van der Waals surface area contributed by atoms with E-state index < -0.39 is 0 Å². The van der Waals surface area contributed by atoms with Crippen LogP contribution in [0.15, 0.2) is 6.20 Å². The van der Waals surface area contributed by atoms with Gasteiger partial charge in [0.15, 0.2) is 5.78 Å². The Morgan fingerprint density at radius 1 is 1.42 bits per heavy atom. The Balaban J connectivity index is 2.91. The fourth-order valence-electron chi connectivity index (χ4n) is 2.06. The van der Waals surface area contributed by atoms with Crippen LogP contribution in [0.5, 0.6) is 0 Å². The first-order valence-corrected chi connectivity index (χ1v) is 7.08. The zero-order valence-corrected chi connectivity index (χ0v) is 12.7. The minimum absolute atomic E-state index is 0.0701. The summed E-state index contributed by atoms with van der Waals surface area (Å²) >= 11 is 0. The molecule has 0 fully saturated rings. The van der Waals surface area contributed by atoms with E-state index >= 15 is 0 Å². The first-order valence-electron chi connectivity index (χ1n) is 7.08. The van der Waals surface area contributed by atoms with Gasteiger partial charge in [-0.15, -0.1) is 5.10 Å². The molecule has 0 aliphatic rings. The maximum atomic E-state index is 12.5. The predicted octanol–water partition coefficient (Wildman–Crippen LogP) is 2.20. The number of nitrogens with one attached hydrogen (secondary N) is 1. The van der Waals surface area contributed by atoms with Gasteiger partial charge < -0.3 is 5.32 Å². The average molecular weight is 266 g/mol. The number of nitrogens with zero attached hydrogens (tertiary/aromatic N) is 3. The van der Waals surface area contributed by atoms with Crippen LogP contribution in [0.1, 0.15) is 52.3 Å². The number of aromatic nitrogens is 3. The van der Waals surface area contributed by atoms with Crippen LogP contribution in [-0.4, -0.2) is 27.8 Å². The standard InChI is InChI=1S/C14H26N4O/c1-6-11(4)14(19)13(7-10(2)3)18-9-12(8-15-5)16-17-18/h9-11,13,15H,6-8H2,1-5H3/t11?,13-/m0/s1. The molecule has 2 atom stereocenters.